The molecule has 1 aliphatic carbocycles. The lowest BCUT2D eigenvalue weighted by atomic mass is 9.76. The van der Waals surface area contributed by atoms with Crippen LogP contribution in [0.25, 0.3) is 0 Å². The molecule has 152 valence electrons. The minimum atomic E-state index is 0.202. The number of likely N-dealkylation sites (tertiary alicyclic amines) is 1. The highest BCUT2D eigenvalue weighted by atomic mass is 16.1. The van der Waals surface area contributed by atoms with Gasteiger partial charge in [-0.3, -0.25) is 9.89 Å². The average molecular weight is 373 g/mol. The first-order chi connectivity index (χ1) is 12.7. The summed E-state index contributed by atoms with van der Waals surface area (Å²) < 4.78 is 0. The Bertz CT molecular complexity index is 604. The number of hydrogen-bond acceptors (Lipinski definition) is 3. The molecule has 0 amide bonds. The lowest BCUT2D eigenvalue weighted by molar-refractivity contribution is 0.0281. The van der Waals surface area contributed by atoms with Gasteiger partial charge in [0.05, 0.1) is 17.3 Å². The summed E-state index contributed by atoms with van der Waals surface area (Å²) in [4.78, 5) is 18.9. The molecule has 3 nitrogen and oxygen atoms in total. The first-order valence-corrected chi connectivity index (χ1v) is 10.9. The Hall–Kier alpha value is -1.18. The zero-order valence-corrected chi connectivity index (χ0v) is 18.5. The molecule has 0 spiro atoms. The summed E-state index contributed by atoms with van der Waals surface area (Å²) in [6.07, 6.45) is 9.34. The molecule has 1 saturated carbocycles. The smallest absolute Gasteiger partial charge is 0.129 e. The zero-order valence-electron chi connectivity index (χ0n) is 18.5. The maximum atomic E-state index is 11.4. The molecule has 2 atom stereocenters. The van der Waals surface area contributed by atoms with Crippen LogP contribution in [0.4, 0.5) is 0 Å². The van der Waals surface area contributed by atoms with Crippen molar-refractivity contribution >= 4 is 11.7 Å². The van der Waals surface area contributed by atoms with Gasteiger partial charge in [0.15, 0.2) is 0 Å². The Morgan fingerprint density at radius 2 is 1.85 bits per heavy atom. The maximum absolute atomic E-state index is 11.4. The molecule has 2 rings (SSSR count). The van der Waals surface area contributed by atoms with Gasteiger partial charge in [-0.15, -0.1) is 0 Å². The Labute approximate surface area is 167 Å². The van der Waals surface area contributed by atoms with Gasteiger partial charge in [-0.1, -0.05) is 19.9 Å². The second-order valence-electron chi connectivity index (χ2n) is 9.67. The van der Waals surface area contributed by atoms with Crippen molar-refractivity contribution in [3.63, 3.8) is 0 Å². The van der Waals surface area contributed by atoms with E-state index in [1.807, 2.05) is 6.92 Å². The third-order valence-electron chi connectivity index (χ3n) is 7.16. The molecule has 0 aromatic heterocycles. The summed E-state index contributed by atoms with van der Waals surface area (Å²) in [5, 5.41) is 0. The van der Waals surface area contributed by atoms with E-state index in [0.29, 0.717) is 23.6 Å². The van der Waals surface area contributed by atoms with Crippen LogP contribution in [-0.4, -0.2) is 41.2 Å². The van der Waals surface area contributed by atoms with Gasteiger partial charge in [-0.25, -0.2) is 4.79 Å². The Kier molecular flexibility index (Phi) is 7.65. The van der Waals surface area contributed by atoms with Gasteiger partial charge in [-0.2, -0.15) is 0 Å². The van der Waals surface area contributed by atoms with E-state index in [9.17, 15) is 4.79 Å². The Morgan fingerprint density at radius 1 is 1.22 bits per heavy atom. The van der Waals surface area contributed by atoms with Crippen molar-refractivity contribution in [3.8, 4) is 0 Å². The predicted molar refractivity (Wildman–Crippen MR) is 116 cm³/mol. The topological polar surface area (TPSA) is 32.7 Å². The normalized spacial score (nSPS) is 32.0. The minimum absolute atomic E-state index is 0.202. The van der Waals surface area contributed by atoms with E-state index in [-0.39, 0.29) is 5.54 Å². The number of aliphatic imine (C=N–C) groups is 1. The molecule has 0 bridgehead atoms. The highest BCUT2D eigenvalue weighted by Gasteiger charge is 2.36. The van der Waals surface area contributed by atoms with Gasteiger partial charge < -0.3 is 0 Å². The van der Waals surface area contributed by atoms with Crippen molar-refractivity contribution in [2.24, 2.45) is 16.8 Å². The van der Waals surface area contributed by atoms with Crippen molar-refractivity contribution in [1.82, 2.24) is 4.90 Å². The van der Waals surface area contributed by atoms with Crippen molar-refractivity contribution < 1.29 is 4.79 Å². The maximum Gasteiger partial charge on any atom is 0.129 e. The van der Waals surface area contributed by atoms with E-state index in [4.69, 9.17) is 4.99 Å². The summed E-state index contributed by atoms with van der Waals surface area (Å²) >= 11 is 0. The molecular weight excluding hydrogens is 332 g/mol. The number of nitrogens with zero attached hydrogens (tertiary/aromatic N) is 2. The lowest BCUT2D eigenvalue weighted by Gasteiger charge is -2.48. The molecule has 1 aliphatic heterocycles. The standard InChI is InChI=1S/C24H40N2O/c1-8-20-9-11-22(12-10-20)25-23(18(3)16-27)17(2)13-21-14-19(4)26(7)24(5,6)15-21/h19-22H,2,8-15H2,1,3-7H3. The van der Waals surface area contributed by atoms with Crippen molar-refractivity contribution in [1.29, 1.82) is 0 Å². The highest BCUT2D eigenvalue weighted by molar-refractivity contribution is 6.15. The fourth-order valence-corrected chi connectivity index (χ4v) is 5.14. The molecule has 2 unspecified atom stereocenters. The van der Waals surface area contributed by atoms with E-state index in [1.54, 1.807) is 0 Å². The number of carbonyl (C=O) groups excluding carboxylic acids is 1. The van der Waals surface area contributed by atoms with Gasteiger partial charge in [0.1, 0.15) is 5.94 Å². The molecule has 0 radical (unpaired) electrons. The molecule has 0 N–H and O–H groups in total. The molecule has 1 heterocycles. The van der Waals surface area contributed by atoms with Gasteiger partial charge in [-0.05, 0) is 97.1 Å². The molecular formula is C24H40N2O. The number of rotatable bonds is 6. The summed E-state index contributed by atoms with van der Waals surface area (Å²) in [5.41, 5.74) is 2.70. The van der Waals surface area contributed by atoms with Crippen LogP contribution in [0.1, 0.15) is 86.0 Å². The molecule has 27 heavy (non-hydrogen) atoms. The zero-order chi connectivity index (χ0) is 20.2. The van der Waals surface area contributed by atoms with Gasteiger partial charge >= 0.3 is 0 Å². The second-order valence-corrected chi connectivity index (χ2v) is 9.67. The largest absolute Gasteiger partial charge is 0.299 e. The quantitative estimate of drug-likeness (QED) is 0.447. The SMILES string of the molecule is C=C(CC1CC(C)N(C)C(C)(C)C1)C(=NC1CCC(CC)CC1)C(C)=C=O. The fourth-order valence-electron chi connectivity index (χ4n) is 5.14. The Balaban J connectivity index is 2.09. The monoisotopic (exact) mass is 372 g/mol. The van der Waals surface area contributed by atoms with Crippen LogP contribution in [0.3, 0.4) is 0 Å². The van der Waals surface area contributed by atoms with Gasteiger partial charge in [0.2, 0.25) is 0 Å². The second kappa shape index (κ2) is 9.34. The average Bonchev–Trinajstić information content (AvgIpc) is 2.63. The first kappa shape index (κ1) is 22.1. The van der Waals surface area contributed by atoms with Crippen LogP contribution in [0.5, 0.6) is 0 Å². The van der Waals surface area contributed by atoms with Crippen LogP contribution in [0.15, 0.2) is 22.7 Å². The van der Waals surface area contributed by atoms with Crippen LogP contribution in [0.2, 0.25) is 0 Å². The molecule has 2 aliphatic rings. The first-order valence-electron chi connectivity index (χ1n) is 10.9. The summed E-state index contributed by atoms with van der Waals surface area (Å²) in [5.74, 6) is 3.54. The number of piperidine rings is 1. The number of allylic oxidation sites excluding steroid dienone is 2. The lowest BCUT2D eigenvalue weighted by Crippen LogP contribution is -2.52. The van der Waals surface area contributed by atoms with E-state index >= 15 is 0 Å². The van der Waals surface area contributed by atoms with Crippen LogP contribution in [-0.2, 0) is 4.79 Å². The van der Waals surface area contributed by atoms with E-state index in [1.165, 1.54) is 25.7 Å². The molecule has 2 fully saturated rings. The van der Waals surface area contributed by atoms with E-state index in [0.717, 1.165) is 42.9 Å². The molecule has 1 saturated heterocycles. The van der Waals surface area contributed by atoms with Crippen LogP contribution >= 0.6 is 0 Å². The van der Waals surface area contributed by atoms with Crippen molar-refractivity contribution in [3.05, 3.63) is 17.7 Å². The van der Waals surface area contributed by atoms with E-state index in [2.05, 4.69) is 52.2 Å². The van der Waals surface area contributed by atoms with Crippen molar-refractivity contribution in [2.45, 2.75) is 104 Å². The van der Waals surface area contributed by atoms with Gasteiger partial charge in [0, 0.05) is 11.6 Å². The van der Waals surface area contributed by atoms with Crippen LogP contribution < -0.4 is 0 Å². The van der Waals surface area contributed by atoms with Gasteiger partial charge in [0.25, 0.3) is 0 Å². The summed E-state index contributed by atoms with van der Waals surface area (Å²) in [6.45, 7) is 15.5. The third-order valence-corrected chi connectivity index (χ3v) is 7.16. The molecule has 3 heteroatoms. The molecule has 0 aromatic rings. The fraction of sp³-hybridized carbons (Fsp3) is 0.792. The van der Waals surface area contributed by atoms with Crippen LogP contribution in [0, 0.1) is 11.8 Å². The third kappa shape index (κ3) is 5.65. The Morgan fingerprint density at radius 3 is 2.37 bits per heavy atom. The summed E-state index contributed by atoms with van der Waals surface area (Å²) in [7, 11) is 2.23. The predicted octanol–water partition coefficient (Wildman–Crippen LogP) is 5.63. The minimum Gasteiger partial charge on any atom is -0.299 e. The summed E-state index contributed by atoms with van der Waals surface area (Å²) in [6, 6.07) is 0.912. The molecule has 0 aromatic carbocycles. The van der Waals surface area contributed by atoms with E-state index < -0.39 is 0 Å². The number of hydrogen-bond donors (Lipinski definition) is 0. The highest BCUT2D eigenvalue weighted by Crippen LogP contribution is 2.37. The van der Waals surface area contributed by atoms with Crippen molar-refractivity contribution in [2.75, 3.05) is 7.05 Å².